The number of amides is 1. The second-order valence-electron chi connectivity index (χ2n) is 5.55. The van der Waals surface area contributed by atoms with Crippen LogP contribution in [0.15, 0.2) is 0 Å². The van der Waals surface area contributed by atoms with Crippen molar-refractivity contribution in [2.24, 2.45) is 0 Å². The van der Waals surface area contributed by atoms with Crippen molar-refractivity contribution in [2.75, 3.05) is 19.6 Å². The molecule has 2 fully saturated rings. The van der Waals surface area contributed by atoms with Crippen LogP contribution in [0.4, 0.5) is 0 Å². The van der Waals surface area contributed by atoms with Crippen LogP contribution in [-0.4, -0.2) is 47.7 Å². The van der Waals surface area contributed by atoms with Crippen LogP contribution >= 0.6 is 0 Å². The van der Waals surface area contributed by atoms with E-state index in [1.807, 2.05) is 0 Å². The number of rotatable bonds is 4. The highest BCUT2D eigenvalue weighted by Gasteiger charge is 2.34. The molecule has 1 saturated carbocycles. The highest BCUT2D eigenvalue weighted by atomic mass is 16.3. The van der Waals surface area contributed by atoms with Crippen molar-refractivity contribution in [3.05, 3.63) is 0 Å². The summed E-state index contributed by atoms with van der Waals surface area (Å²) in [5, 5.41) is 12.9. The van der Waals surface area contributed by atoms with Gasteiger partial charge in [0.25, 0.3) is 0 Å². The molecule has 1 aliphatic carbocycles. The van der Waals surface area contributed by atoms with Gasteiger partial charge in [-0.25, -0.2) is 0 Å². The molecular weight excluding hydrogens is 216 g/mol. The molecule has 0 bridgehead atoms. The molecule has 17 heavy (non-hydrogen) atoms. The Morgan fingerprint density at radius 1 is 1.24 bits per heavy atom. The molecule has 0 unspecified atom stereocenters. The zero-order valence-electron chi connectivity index (χ0n) is 10.5. The van der Waals surface area contributed by atoms with E-state index in [-0.39, 0.29) is 0 Å². The molecule has 1 amide bonds. The van der Waals surface area contributed by atoms with Gasteiger partial charge in [0.05, 0.1) is 5.60 Å². The average Bonchev–Trinajstić information content (AvgIpc) is 2.38. The first kappa shape index (κ1) is 12.8. The quantitative estimate of drug-likeness (QED) is 0.718. The van der Waals surface area contributed by atoms with E-state index < -0.39 is 5.60 Å². The van der Waals surface area contributed by atoms with Crippen LogP contribution < -0.4 is 5.32 Å². The summed E-state index contributed by atoms with van der Waals surface area (Å²) in [5.74, 6) is 0. The maximum atomic E-state index is 10.3. The molecule has 0 aromatic heterocycles. The monoisotopic (exact) mass is 240 g/mol. The van der Waals surface area contributed by atoms with Gasteiger partial charge in [-0.3, -0.25) is 4.79 Å². The number of likely N-dealkylation sites (tertiary alicyclic amines) is 1. The van der Waals surface area contributed by atoms with Gasteiger partial charge in [-0.15, -0.1) is 0 Å². The van der Waals surface area contributed by atoms with Crippen molar-refractivity contribution in [1.29, 1.82) is 0 Å². The Labute approximate surface area is 103 Å². The van der Waals surface area contributed by atoms with Crippen LogP contribution in [0.2, 0.25) is 0 Å². The van der Waals surface area contributed by atoms with Crippen LogP contribution in [-0.2, 0) is 4.79 Å². The predicted octanol–water partition coefficient (Wildman–Crippen LogP) is 0.892. The topological polar surface area (TPSA) is 52.6 Å². The fourth-order valence-electron chi connectivity index (χ4n) is 3.16. The summed E-state index contributed by atoms with van der Waals surface area (Å²) < 4.78 is 0. The smallest absolute Gasteiger partial charge is 0.207 e. The Hall–Kier alpha value is -0.610. The highest BCUT2D eigenvalue weighted by molar-refractivity contribution is 5.46. The molecular formula is C13H24N2O2. The minimum atomic E-state index is -0.675. The minimum absolute atomic E-state index is 0.398. The molecule has 1 aliphatic heterocycles. The maximum Gasteiger partial charge on any atom is 0.207 e. The second-order valence-corrected chi connectivity index (χ2v) is 5.55. The van der Waals surface area contributed by atoms with E-state index in [1.165, 1.54) is 32.1 Å². The Kier molecular flexibility index (Phi) is 4.40. The van der Waals surface area contributed by atoms with Crippen LogP contribution in [0.3, 0.4) is 0 Å². The van der Waals surface area contributed by atoms with Gasteiger partial charge in [0, 0.05) is 25.7 Å². The molecule has 0 aromatic rings. The Morgan fingerprint density at radius 2 is 1.88 bits per heavy atom. The lowest BCUT2D eigenvalue weighted by Gasteiger charge is -2.42. The van der Waals surface area contributed by atoms with Crippen molar-refractivity contribution in [1.82, 2.24) is 10.2 Å². The number of aliphatic hydroxyl groups is 1. The van der Waals surface area contributed by atoms with Gasteiger partial charge in [0.15, 0.2) is 0 Å². The van der Waals surface area contributed by atoms with E-state index in [0.717, 1.165) is 32.0 Å². The van der Waals surface area contributed by atoms with Gasteiger partial charge in [-0.1, -0.05) is 19.3 Å². The average molecular weight is 240 g/mol. The molecule has 1 heterocycles. The number of nitrogens with zero attached hydrogens (tertiary/aromatic N) is 1. The largest absolute Gasteiger partial charge is 0.388 e. The van der Waals surface area contributed by atoms with Crippen molar-refractivity contribution >= 4 is 6.41 Å². The lowest BCUT2D eigenvalue weighted by molar-refractivity contribution is -0.111. The molecule has 2 aliphatic rings. The molecule has 0 radical (unpaired) electrons. The first-order valence-electron chi connectivity index (χ1n) is 6.87. The summed E-state index contributed by atoms with van der Waals surface area (Å²) in [7, 11) is 0. The van der Waals surface area contributed by atoms with Gasteiger partial charge < -0.3 is 15.3 Å². The van der Waals surface area contributed by atoms with Gasteiger partial charge in [0.1, 0.15) is 0 Å². The van der Waals surface area contributed by atoms with Crippen LogP contribution in [0.5, 0.6) is 0 Å². The van der Waals surface area contributed by atoms with Gasteiger partial charge in [-0.2, -0.15) is 0 Å². The summed E-state index contributed by atoms with van der Waals surface area (Å²) in [5.41, 5.74) is -0.675. The Balaban J connectivity index is 1.78. The molecule has 0 spiro atoms. The first-order chi connectivity index (χ1) is 8.23. The number of hydrogen-bond donors (Lipinski definition) is 2. The summed E-state index contributed by atoms with van der Waals surface area (Å²) in [6, 6.07) is 0.743. The zero-order chi connectivity index (χ0) is 12.1. The maximum absolute atomic E-state index is 10.3. The summed E-state index contributed by atoms with van der Waals surface area (Å²) in [6.45, 7) is 2.35. The predicted molar refractivity (Wildman–Crippen MR) is 66.7 cm³/mol. The molecule has 98 valence electrons. The van der Waals surface area contributed by atoms with E-state index in [4.69, 9.17) is 0 Å². The fraction of sp³-hybridized carbons (Fsp3) is 0.923. The standard InChI is InChI=1S/C13H24N2O2/c16-11-14-10-13(17)6-8-15(9-7-13)12-4-2-1-3-5-12/h11-12,17H,1-10H2,(H,14,16). The Morgan fingerprint density at radius 3 is 2.47 bits per heavy atom. The van der Waals surface area contributed by atoms with Gasteiger partial charge in [-0.05, 0) is 25.7 Å². The lowest BCUT2D eigenvalue weighted by Crippen LogP contribution is -2.52. The lowest BCUT2D eigenvalue weighted by atomic mass is 9.87. The van der Waals surface area contributed by atoms with Crippen molar-refractivity contribution in [2.45, 2.75) is 56.6 Å². The highest BCUT2D eigenvalue weighted by Crippen LogP contribution is 2.28. The Bertz CT molecular complexity index is 244. The third-order valence-electron chi connectivity index (χ3n) is 4.33. The number of carbonyl (C=O) groups is 1. The number of nitrogens with one attached hydrogen (secondary N) is 1. The molecule has 0 atom stereocenters. The first-order valence-corrected chi connectivity index (χ1v) is 6.87. The minimum Gasteiger partial charge on any atom is -0.388 e. The molecule has 4 nitrogen and oxygen atoms in total. The molecule has 2 N–H and O–H groups in total. The summed E-state index contributed by atoms with van der Waals surface area (Å²) in [6.07, 6.45) is 8.99. The molecule has 2 rings (SSSR count). The molecule has 1 saturated heterocycles. The van der Waals surface area contributed by atoms with Crippen LogP contribution in [0, 0.1) is 0 Å². The van der Waals surface area contributed by atoms with E-state index in [0.29, 0.717) is 13.0 Å². The number of piperidine rings is 1. The second kappa shape index (κ2) is 5.83. The van der Waals surface area contributed by atoms with E-state index in [9.17, 15) is 9.90 Å². The van der Waals surface area contributed by atoms with E-state index in [1.54, 1.807) is 0 Å². The van der Waals surface area contributed by atoms with E-state index >= 15 is 0 Å². The van der Waals surface area contributed by atoms with Crippen molar-refractivity contribution in [3.8, 4) is 0 Å². The normalized spacial score (nSPS) is 26.6. The van der Waals surface area contributed by atoms with Crippen LogP contribution in [0.1, 0.15) is 44.9 Å². The third kappa shape index (κ3) is 3.42. The third-order valence-corrected chi connectivity index (χ3v) is 4.33. The van der Waals surface area contributed by atoms with Crippen molar-refractivity contribution < 1.29 is 9.90 Å². The number of hydrogen-bond acceptors (Lipinski definition) is 3. The van der Waals surface area contributed by atoms with Gasteiger partial charge >= 0.3 is 0 Å². The summed E-state index contributed by atoms with van der Waals surface area (Å²) >= 11 is 0. The zero-order valence-corrected chi connectivity index (χ0v) is 10.5. The fourth-order valence-corrected chi connectivity index (χ4v) is 3.16. The van der Waals surface area contributed by atoms with E-state index in [2.05, 4.69) is 10.2 Å². The molecule has 0 aromatic carbocycles. The molecule has 4 heteroatoms. The SMILES string of the molecule is O=CNCC1(O)CCN(C2CCCCC2)CC1. The van der Waals surface area contributed by atoms with Crippen LogP contribution in [0.25, 0.3) is 0 Å². The van der Waals surface area contributed by atoms with Gasteiger partial charge in [0.2, 0.25) is 6.41 Å². The summed E-state index contributed by atoms with van der Waals surface area (Å²) in [4.78, 5) is 12.8. The number of carbonyl (C=O) groups excluding carboxylic acids is 1. The van der Waals surface area contributed by atoms with Crippen molar-refractivity contribution in [3.63, 3.8) is 0 Å².